The second-order valence-electron chi connectivity index (χ2n) is 6.50. The Morgan fingerprint density at radius 3 is 2.80 bits per heavy atom. The minimum absolute atomic E-state index is 0.284. The number of nitrogens with one attached hydrogen (secondary N) is 1. The summed E-state index contributed by atoms with van der Waals surface area (Å²) in [5.74, 6) is 0.664. The van der Waals surface area contributed by atoms with E-state index < -0.39 is 0 Å². The van der Waals surface area contributed by atoms with Gasteiger partial charge in [-0.15, -0.1) is 0 Å². The number of fused-ring (bicyclic) bond motifs is 1. The molecule has 2 aromatic rings. The number of hydrogen-bond donors (Lipinski definition) is 1. The molecule has 20 heavy (non-hydrogen) atoms. The summed E-state index contributed by atoms with van der Waals surface area (Å²) in [5, 5.41) is 5.01. The lowest BCUT2D eigenvalue weighted by molar-refractivity contribution is 0.269. The maximum Gasteiger partial charge on any atom is 0.0705 e. The molecule has 1 N–H and O–H groups in total. The largest absolute Gasteiger partial charge is 0.311 e. The average molecular weight is 268 g/mol. The van der Waals surface area contributed by atoms with E-state index in [-0.39, 0.29) is 5.54 Å². The highest BCUT2D eigenvalue weighted by Crippen LogP contribution is 2.32. The number of hydrogen-bond acceptors (Lipinski definition) is 2. The van der Waals surface area contributed by atoms with Gasteiger partial charge in [0.1, 0.15) is 0 Å². The van der Waals surface area contributed by atoms with Crippen LogP contribution in [0.25, 0.3) is 10.9 Å². The number of aromatic nitrogens is 1. The Hall–Kier alpha value is -1.41. The van der Waals surface area contributed by atoms with Gasteiger partial charge in [0, 0.05) is 16.6 Å². The monoisotopic (exact) mass is 268 g/mol. The van der Waals surface area contributed by atoms with Crippen LogP contribution in [0.1, 0.15) is 37.9 Å². The predicted octanol–water partition coefficient (Wildman–Crippen LogP) is 3.86. The van der Waals surface area contributed by atoms with E-state index in [2.05, 4.69) is 54.5 Å². The number of rotatable bonds is 3. The molecule has 0 amide bonds. The Bertz CT molecular complexity index is 610. The fourth-order valence-corrected chi connectivity index (χ4v) is 3.43. The van der Waals surface area contributed by atoms with Gasteiger partial charge in [0.25, 0.3) is 0 Å². The lowest BCUT2D eigenvalue weighted by Crippen LogP contribution is -2.46. The molecule has 0 saturated carbocycles. The first-order chi connectivity index (χ1) is 9.59. The van der Waals surface area contributed by atoms with Crippen LogP contribution in [0.3, 0.4) is 0 Å². The van der Waals surface area contributed by atoms with Gasteiger partial charge in [0.05, 0.1) is 5.52 Å². The Morgan fingerprint density at radius 2 is 2.10 bits per heavy atom. The quantitative estimate of drug-likeness (QED) is 0.914. The van der Waals surface area contributed by atoms with Gasteiger partial charge in [-0.25, -0.2) is 0 Å². The first-order valence-electron chi connectivity index (χ1n) is 7.70. The molecule has 1 atom stereocenters. The van der Waals surface area contributed by atoms with Crippen LogP contribution < -0.4 is 5.32 Å². The molecular formula is C18H24N2. The van der Waals surface area contributed by atoms with Gasteiger partial charge >= 0.3 is 0 Å². The van der Waals surface area contributed by atoms with Crippen molar-refractivity contribution in [2.45, 2.75) is 45.6 Å². The van der Waals surface area contributed by atoms with E-state index in [0.29, 0.717) is 5.92 Å². The zero-order valence-electron chi connectivity index (χ0n) is 12.7. The number of pyridine rings is 1. The molecule has 1 aromatic heterocycles. The van der Waals surface area contributed by atoms with Gasteiger partial charge in [0.2, 0.25) is 0 Å². The van der Waals surface area contributed by atoms with E-state index >= 15 is 0 Å². The van der Waals surface area contributed by atoms with Gasteiger partial charge in [-0.05, 0) is 62.4 Å². The van der Waals surface area contributed by atoms with Crippen LogP contribution in [-0.2, 0) is 6.42 Å². The molecule has 0 radical (unpaired) electrons. The zero-order chi connectivity index (χ0) is 14.2. The van der Waals surface area contributed by atoms with E-state index in [9.17, 15) is 0 Å². The third-order valence-electron chi connectivity index (χ3n) is 4.79. The zero-order valence-corrected chi connectivity index (χ0v) is 12.7. The van der Waals surface area contributed by atoms with Gasteiger partial charge < -0.3 is 5.32 Å². The highest BCUT2D eigenvalue weighted by atomic mass is 15.0. The van der Waals surface area contributed by atoms with E-state index in [0.717, 1.165) is 24.2 Å². The summed E-state index contributed by atoms with van der Waals surface area (Å²) in [7, 11) is 0. The second kappa shape index (κ2) is 5.17. The summed E-state index contributed by atoms with van der Waals surface area (Å²) in [6, 6.07) is 11.0. The van der Waals surface area contributed by atoms with Crippen molar-refractivity contribution in [1.82, 2.24) is 10.3 Å². The third kappa shape index (κ3) is 2.45. The van der Waals surface area contributed by atoms with Gasteiger partial charge in [-0.1, -0.05) is 26.0 Å². The van der Waals surface area contributed by atoms with Gasteiger partial charge in [-0.2, -0.15) is 0 Å². The summed E-state index contributed by atoms with van der Waals surface area (Å²) in [5.41, 5.74) is 3.89. The van der Waals surface area contributed by atoms with Crippen molar-refractivity contribution in [3.8, 4) is 0 Å². The van der Waals surface area contributed by atoms with Crippen molar-refractivity contribution in [3.05, 3.63) is 41.6 Å². The molecule has 1 aromatic carbocycles. The van der Waals surface area contributed by atoms with E-state index in [1.807, 2.05) is 6.92 Å². The molecule has 3 rings (SSSR count). The van der Waals surface area contributed by atoms with Crippen LogP contribution in [0.4, 0.5) is 0 Å². The molecule has 0 bridgehead atoms. The van der Waals surface area contributed by atoms with E-state index in [4.69, 9.17) is 0 Å². The smallest absolute Gasteiger partial charge is 0.0705 e. The SMILES string of the molecule is Cc1ccc2cc(CC3(C(C)C)CCCN3)ccc2n1. The second-order valence-corrected chi connectivity index (χ2v) is 6.50. The van der Waals surface area contributed by atoms with Crippen molar-refractivity contribution < 1.29 is 0 Å². The topological polar surface area (TPSA) is 24.9 Å². The fourth-order valence-electron chi connectivity index (χ4n) is 3.43. The molecule has 1 aliphatic rings. The lowest BCUT2D eigenvalue weighted by Gasteiger charge is -2.34. The number of nitrogens with zero attached hydrogens (tertiary/aromatic N) is 1. The maximum absolute atomic E-state index is 4.59. The molecule has 1 unspecified atom stereocenters. The summed E-state index contributed by atoms with van der Waals surface area (Å²) in [4.78, 5) is 4.59. The van der Waals surface area contributed by atoms with Crippen LogP contribution in [0.15, 0.2) is 30.3 Å². The van der Waals surface area contributed by atoms with Crippen molar-refractivity contribution in [1.29, 1.82) is 0 Å². The molecule has 0 spiro atoms. The Kier molecular flexibility index (Phi) is 3.51. The maximum atomic E-state index is 4.59. The molecule has 2 heterocycles. The molecular weight excluding hydrogens is 244 g/mol. The van der Waals surface area contributed by atoms with Gasteiger partial charge in [0.15, 0.2) is 0 Å². The Balaban J connectivity index is 1.92. The minimum atomic E-state index is 0.284. The number of aryl methyl sites for hydroxylation is 1. The van der Waals surface area contributed by atoms with Crippen LogP contribution in [0.2, 0.25) is 0 Å². The van der Waals surface area contributed by atoms with Gasteiger partial charge in [-0.3, -0.25) is 4.98 Å². The van der Waals surface area contributed by atoms with Crippen molar-refractivity contribution in [2.24, 2.45) is 5.92 Å². The first-order valence-corrected chi connectivity index (χ1v) is 7.70. The third-order valence-corrected chi connectivity index (χ3v) is 4.79. The fraction of sp³-hybridized carbons (Fsp3) is 0.500. The lowest BCUT2D eigenvalue weighted by atomic mass is 9.79. The summed E-state index contributed by atoms with van der Waals surface area (Å²) in [6.45, 7) is 7.88. The van der Waals surface area contributed by atoms with E-state index in [1.165, 1.54) is 23.8 Å². The Labute approximate surface area is 121 Å². The average Bonchev–Trinajstić information content (AvgIpc) is 2.89. The van der Waals surface area contributed by atoms with Crippen molar-refractivity contribution in [2.75, 3.05) is 6.54 Å². The molecule has 1 saturated heterocycles. The highest BCUT2D eigenvalue weighted by Gasteiger charge is 2.36. The summed E-state index contributed by atoms with van der Waals surface area (Å²) >= 11 is 0. The Morgan fingerprint density at radius 1 is 1.25 bits per heavy atom. The highest BCUT2D eigenvalue weighted by molar-refractivity contribution is 5.79. The van der Waals surface area contributed by atoms with Crippen LogP contribution >= 0.6 is 0 Å². The van der Waals surface area contributed by atoms with E-state index in [1.54, 1.807) is 0 Å². The first kappa shape index (κ1) is 13.6. The van der Waals surface area contributed by atoms with Crippen LogP contribution in [0.5, 0.6) is 0 Å². The molecule has 2 heteroatoms. The molecule has 106 valence electrons. The molecule has 0 aliphatic carbocycles. The number of benzene rings is 1. The predicted molar refractivity (Wildman–Crippen MR) is 85.0 cm³/mol. The summed E-state index contributed by atoms with van der Waals surface area (Å²) in [6.07, 6.45) is 3.70. The normalized spacial score (nSPS) is 22.8. The molecule has 2 nitrogen and oxygen atoms in total. The molecule has 1 fully saturated rings. The van der Waals surface area contributed by atoms with Crippen molar-refractivity contribution in [3.63, 3.8) is 0 Å². The summed E-state index contributed by atoms with van der Waals surface area (Å²) < 4.78 is 0. The van der Waals surface area contributed by atoms with Crippen LogP contribution in [-0.4, -0.2) is 17.1 Å². The van der Waals surface area contributed by atoms with Crippen molar-refractivity contribution >= 4 is 10.9 Å². The standard InChI is InChI=1S/C18H24N2/c1-13(2)18(9-4-10-19-18)12-15-6-8-17-16(11-15)7-5-14(3)20-17/h5-8,11,13,19H,4,9-10,12H2,1-3H3. The minimum Gasteiger partial charge on any atom is -0.311 e. The molecule has 1 aliphatic heterocycles. The van der Waals surface area contributed by atoms with Crippen LogP contribution in [0, 0.1) is 12.8 Å².